The monoisotopic (exact) mass is 318 g/mol. The SMILES string of the molecule is CN(C(=O)c1cccc(N(C)S(C)(=O)=O)c1)c1ccccc1. The van der Waals surface area contributed by atoms with E-state index in [-0.39, 0.29) is 5.91 Å². The molecule has 0 unspecified atom stereocenters. The largest absolute Gasteiger partial charge is 0.311 e. The number of rotatable bonds is 4. The lowest BCUT2D eigenvalue weighted by Crippen LogP contribution is -2.27. The summed E-state index contributed by atoms with van der Waals surface area (Å²) < 4.78 is 24.3. The molecule has 2 aromatic carbocycles. The van der Waals surface area contributed by atoms with E-state index in [9.17, 15) is 13.2 Å². The molecule has 2 rings (SSSR count). The first-order valence-electron chi connectivity index (χ1n) is 6.68. The van der Waals surface area contributed by atoms with Crippen LogP contribution in [0.1, 0.15) is 10.4 Å². The highest BCUT2D eigenvalue weighted by Crippen LogP contribution is 2.20. The van der Waals surface area contributed by atoms with Crippen LogP contribution in [-0.2, 0) is 10.0 Å². The number of nitrogens with zero attached hydrogens (tertiary/aromatic N) is 2. The molecule has 22 heavy (non-hydrogen) atoms. The average molecular weight is 318 g/mol. The Morgan fingerprint density at radius 3 is 2.09 bits per heavy atom. The molecule has 2 aromatic rings. The van der Waals surface area contributed by atoms with Gasteiger partial charge >= 0.3 is 0 Å². The summed E-state index contributed by atoms with van der Waals surface area (Å²) in [5.41, 5.74) is 1.66. The van der Waals surface area contributed by atoms with Crippen LogP contribution in [0.4, 0.5) is 11.4 Å². The van der Waals surface area contributed by atoms with Gasteiger partial charge in [0.25, 0.3) is 5.91 Å². The van der Waals surface area contributed by atoms with Gasteiger partial charge in [-0.2, -0.15) is 0 Å². The van der Waals surface area contributed by atoms with Gasteiger partial charge in [-0.3, -0.25) is 9.10 Å². The molecule has 0 N–H and O–H groups in total. The minimum atomic E-state index is -3.36. The number of anilines is 2. The summed E-state index contributed by atoms with van der Waals surface area (Å²) >= 11 is 0. The van der Waals surface area contributed by atoms with Gasteiger partial charge in [0, 0.05) is 25.3 Å². The Bertz CT molecular complexity index is 773. The lowest BCUT2D eigenvalue weighted by atomic mass is 10.1. The van der Waals surface area contributed by atoms with Crippen molar-refractivity contribution in [3.05, 3.63) is 60.2 Å². The van der Waals surface area contributed by atoms with Crippen molar-refractivity contribution in [1.82, 2.24) is 0 Å². The second-order valence-corrected chi connectivity index (χ2v) is 6.99. The second-order valence-electron chi connectivity index (χ2n) is 4.98. The van der Waals surface area contributed by atoms with Crippen molar-refractivity contribution >= 4 is 27.3 Å². The zero-order chi connectivity index (χ0) is 16.3. The van der Waals surface area contributed by atoms with Gasteiger partial charge in [0.05, 0.1) is 11.9 Å². The van der Waals surface area contributed by atoms with Gasteiger partial charge in [0.1, 0.15) is 0 Å². The number of amides is 1. The number of carbonyl (C=O) groups excluding carboxylic acids is 1. The van der Waals surface area contributed by atoms with E-state index in [0.29, 0.717) is 11.3 Å². The van der Waals surface area contributed by atoms with Crippen LogP contribution >= 0.6 is 0 Å². The predicted octanol–water partition coefficient (Wildman–Crippen LogP) is 2.36. The molecular weight excluding hydrogens is 300 g/mol. The fourth-order valence-corrected chi connectivity index (χ4v) is 2.49. The maximum atomic E-state index is 12.5. The molecule has 0 bridgehead atoms. The highest BCUT2D eigenvalue weighted by atomic mass is 32.2. The van der Waals surface area contributed by atoms with Crippen LogP contribution in [0.2, 0.25) is 0 Å². The molecule has 0 aliphatic carbocycles. The van der Waals surface area contributed by atoms with Crippen LogP contribution in [0.3, 0.4) is 0 Å². The van der Waals surface area contributed by atoms with E-state index in [1.54, 1.807) is 31.3 Å². The Hall–Kier alpha value is -2.34. The van der Waals surface area contributed by atoms with Gasteiger partial charge in [-0.15, -0.1) is 0 Å². The maximum absolute atomic E-state index is 12.5. The summed E-state index contributed by atoms with van der Waals surface area (Å²) in [4.78, 5) is 14.1. The number of hydrogen-bond acceptors (Lipinski definition) is 3. The molecule has 0 radical (unpaired) electrons. The molecule has 0 aliphatic rings. The van der Waals surface area contributed by atoms with Crippen molar-refractivity contribution in [3.63, 3.8) is 0 Å². The third-order valence-electron chi connectivity index (χ3n) is 3.40. The molecule has 116 valence electrons. The summed E-state index contributed by atoms with van der Waals surface area (Å²) in [5, 5.41) is 0. The third-order valence-corrected chi connectivity index (χ3v) is 4.61. The molecule has 0 spiro atoms. The smallest absolute Gasteiger partial charge is 0.258 e. The Kier molecular flexibility index (Phi) is 4.51. The van der Waals surface area contributed by atoms with E-state index in [1.807, 2.05) is 30.3 Å². The highest BCUT2D eigenvalue weighted by Gasteiger charge is 2.17. The third kappa shape index (κ3) is 3.46. The van der Waals surface area contributed by atoms with Crippen LogP contribution in [0.5, 0.6) is 0 Å². The summed E-state index contributed by atoms with van der Waals surface area (Å²) in [6.07, 6.45) is 1.12. The topological polar surface area (TPSA) is 57.7 Å². The van der Waals surface area contributed by atoms with E-state index >= 15 is 0 Å². The van der Waals surface area contributed by atoms with Crippen LogP contribution in [-0.4, -0.2) is 34.7 Å². The van der Waals surface area contributed by atoms with Crippen molar-refractivity contribution < 1.29 is 13.2 Å². The summed E-state index contributed by atoms with van der Waals surface area (Å²) in [5.74, 6) is -0.199. The van der Waals surface area contributed by atoms with Crippen molar-refractivity contribution in [3.8, 4) is 0 Å². The molecule has 0 aromatic heterocycles. The Balaban J connectivity index is 2.32. The zero-order valence-corrected chi connectivity index (χ0v) is 13.5. The van der Waals surface area contributed by atoms with Crippen molar-refractivity contribution in [2.24, 2.45) is 0 Å². The Labute approximate surface area is 130 Å². The number of para-hydroxylation sites is 1. The van der Waals surface area contributed by atoms with Gasteiger partial charge in [-0.05, 0) is 30.3 Å². The molecule has 0 aliphatic heterocycles. The fraction of sp³-hybridized carbons (Fsp3) is 0.188. The van der Waals surface area contributed by atoms with E-state index < -0.39 is 10.0 Å². The zero-order valence-electron chi connectivity index (χ0n) is 12.7. The number of sulfonamides is 1. The molecular formula is C16H18N2O3S. The lowest BCUT2D eigenvalue weighted by Gasteiger charge is -2.20. The van der Waals surface area contributed by atoms with E-state index in [2.05, 4.69) is 0 Å². The van der Waals surface area contributed by atoms with Crippen molar-refractivity contribution in [2.75, 3.05) is 29.6 Å². The minimum Gasteiger partial charge on any atom is -0.311 e. The molecule has 6 heteroatoms. The standard InChI is InChI=1S/C16H18N2O3S/c1-17(14-9-5-4-6-10-14)16(19)13-8-7-11-15(12-13)18(2)22(3,20)21/h4-12H,1-3H3. The van der Waals surface area contributed by atoms with Crippen LogP contribution in [0, 0.1) is 0 Å². The van der Waals surface area contributed by atoms with Crippen molar-refractivity contribution in [2.45, 2.75) is 0 Å². The van der Waals surface area contributed by atoms with E-state index in [1.165, 1.54) is 11.9 Å². The van der Waals surface area contributed by atoms with Crippen LogP contribution in [0.25, 0.3) is 0 Å². The first-order valence-corrected chi connectivity index (χ1v) is 8.52. The number of hydrogen-bond donors (Lipinski definition) is 0. The van der Waals surface area contributed by atoms with Gasteiger partial charge in [-0.25, -0.2) is 8.42 Å². The molecule has 0 heterocycles. The summed E-state index contributed by atoms with van der Waals surface area (Å²) in [7, 11) is -0.219. The highest BCUT2D eigenvalue weighted by molar-refractivity contribution is 7.92. The number of benzene rings is 2. The predicted molar refractivity (Wildman–Crippen MR) is 88.9 cm³/mol. The van der Waals surface area contributed by atoms with Gasteiger partial charge < -0.3 is 4.90 Å². The molecule has 0 atom stereocenters. The normalized spacial score (nSPS) is 11.0. The molecule has 5 nitrogen and oxygen atoms in total. The molecule has 0 saturated heterocycles. The molecule has 1 amide bonds. The Morgan fingerprint density at radius 2 is 1.50 bits per heavy atom. The number of carbonyl (C=O) groups is 1. The average Bonchev–Trinajstić information content (AvgIpc) is 2.52. The minimum absolute atomic E-state index is 0.199. The van der Waals surface area contributed by atoms with Gasteiger partial charge in [0.2, 0.25) is 10.0 Å². The van der Waals surface area contributed by atoms with E-state index in [4.69, 9.17) is 0 Å². The maximum Gasteiger partial charge on any atom is 0.258 e. The summed E-state index contributed by atoms with van der Waals surface area (Å²) in [6, 6.07) is 15.8. The van der Waals surface area contributed by atoms with Crippen LogP contribution in [0.15, 0.2) is 54.6 Å². The van der Waals surface area contributed by atoms with E-state index in [0.717, 1.165) is 16.2 Å². The fourth-order valence-electron chi connectivity index (χ4n) is 1.99. The van der Waals surface area contributed by atoms with Crippen molar-refractivity contribution in [1.29, 1.82) is 0 Å². The molecule has 0 fully saturated rings. The molecule has 0 saturated carbocycles. The van der Waals surface area contributed by atoms with Gasteiger partial charge in [0.15, 0.2) is 0 Å². The first-order chi connectivity index (χ1) is 10.3. The van der Waals surface area contributed by atoms with Crippen LogP contribution < -0.4 is 9.21 Å². The lowest BCUT2D eigenvalue weighted by molar-refractivity contribution is 0.0993. The van der Waals surface area contributed by atoms with Gasteiger partial charge in [-0.1, -0.05) is 24.3 Å². The second kappa shape index (κ2) is 6.19. The summed E-state index contributed by atoms with van der Waals surface area (Å²) in [6.45, 7) is 0. The first kappa shape index (κ1) is 16.0. The Morgan fingerprint density at radius 1 is 0.909 bits per heavy atom. The quantitative estimate of drug-likeness (QED) is 0.869.